The third-order valence-corrected chi connectivity index (χ3v) is 5.18. The molecular weight excluding hydrogens is 238 g/mol. The molecule has 0 unspecified atom stereocenters. The number of nitrogens with two attached hydrogens (primary N) is 1. The molecule has 0 heterocycles. The average molecular weight is 257 g/mol. The smallest absolute Gasteiger partial charge is 0.184 e. The van der Waals surface area contributed by atoms with Crippen molar-refractivity contribution in [2.45, 2.75) is 30.4 Å². The highest BCUT2D eigenvalue weighted by molar-refractivity contribution is 7.92. The highest BCUT2D eigenvalue weighted by atomic mass is 32.2. The summed E-state index contributed by atoms with van der Waals surface area (Å²) >= 11 is 0. The van der Waals surface area contributed by atoms with E-state index in [2.05, 4.69) is 0 Å². The molecule has 1 rings (SSSR count). The molecule has 0 aliphatic carbocycles. The van der Waals surface area contributed by atoms with E-state index < -0.39 is 14.6 Å². The van der Waals surface area contributed by atoms with Crippen LogP contribution in [0.4, 0.5) is 0 Å². The molecule has 17 heavy (non-hydrogen) atoms. The number of benzene rings is 1. The minimum atomic E-state index is -3.40. The molecule has 0 atom stereocenters. The predicted octanol–water partition coefficient (Wildman–Crippen LogP) is 1.60. The second-order valence-electron chi connectivity index (χ2n) is 4.37. The molecule has 1 aromatic carbocycles. The van der Waals surface area contributed by atoms with Crippen LogP contribution >= 0.6 is 0 Å². The molecule has 2 N–H and O–H groups in total. The Labute approximate surface area is 103 Å². The molecule has 0 aliphatic heterocycles. The molecule has 0 bridgehead atoms. The lowest BCUT2D eigenvalue weighted by atomic mass is 10.2. The van der Waals surface area contributed by atoms with Crippen molar-refractivity contribution in [3.63, 3.8) is 0 Å². The summed E-state index contributed by atoms with van der Waals surface area (Å²) < 4.78 is 28.8. The van der Waals surface area contributed by atoms with E-state index in [4.69, 9.17) is 10.5 Å². The van der Waals surface area contributed by atoms with Crippen LogP contribution in [0, 0.1) is 0 Å². The largest absolute Gasteiger partial charge is 0.494 e. The first kappa shape index (κ1) is 14.0. The molecular formula is C12H19NO3S. The summed E-state index contributed by atoms with van der Waals surface area (Å²) in [4.78, 5) is 0.274. The zero-order valence-electron chi connectivity index (χ0n) is 10.4. The van der Waals surface area contributed by atoms with Gasteiger partial charge in [0.15, 0.2) is 9.84 Å². The van der Waals surface area contributed by atoms with Crippen LogP contribution in [-0.2, 0) is 9.84 Å². The molecule has 4 nitrogen and oxygen atoms in total. The maximum Gasteiger partial charge on any atom is 0.184 e. The molecule has 96 valence electrons. The minimum absolute atomic E-state index is 0.0859. The van der Waals surface area contributed by atoms with Crippen LogP contribution in [0.1, 0.15) is 20.8 Å². The van der Waals surface area contributed by atoms with Crippen molar-refractivity contribution < 1.29 is 13.2 Å². The van der Waals surface area contributed by atoms with Crippen LogP contribution < -0.4 is 10.5 Å². The quantitative estimate of drug-likeness (QED) is 0.869. The van der Waals surface area contributed by atoms with E-state index in [1.165, 1.54) is 0 Å². The predicted molar refractivity (Wildman–Crippen MR) is 67.9 cm³/mol. The number of hydrogen-bond acceptors (Lipinski definition) is 4. The molecule has 0 fully saturated rings. The Morgan fingerprint density at radius 3 is 2.18 bits per heavy atom. The van der Waals surface area contributed by atoms with Gasteiger partial charge in [0.25, 0.3) is 0 Å². The molecule has 0 radical (unpaired) electrons. The summed E-state index contributed by atoms with van der Waals surface area (Å²) in [5.41, 5.74) is 5.50. The Morgan fingerprint density at radius 2 is 1.76 bits per heavy atom. The van der Waals surface area contributed by atoms with Gasteiger partial charge >= 0.3 is 0 Å². The maximum atomic E-state index is 12.2. The van der Waals surface area contributed by atoms with Crippen LogP contribution in [-0.4, -0.2) is 26.3 Å². The third kappa shape index (κ3) is 2.79. The zero-order valence-corrected chi connectivity index (χ0v) is 11.3. The fraction of sp³-hybridized carbons (Fsp3) is 0.500. The van der Waals surface area contributed by atoms with Crippen molar-refractivity contribution >= 4 is 9.84 Å². The topological polar surface area (TPSA) is 69.4 Å². The van der Waals surface area contributed by atoms with Gasteiger partial charge in [-0.3, -0.25) is 0 Å². The SMILES string of the molecule is CCOc1ccc(S(=O)(=O)C(C)(C)CN)cc1. The molecule has 0 aromatic heterocycles. The Kier molecular flexibility index (Phi) is 4.16. The minimum Gasteiger partial charge on any atom is -0.494 e. The van der Waals surface area contributed by atoms with Crippen molar-refractivity contribution in [1.29, 1.82) is 0 Å². The van der Waals surface area contributed by atoms with Crippen LogP contribution in [0.5, 0.6) is 5.75 Å². The first-order chi connectivity index (χ1) is 7.85. The van der Waals surface area contributed by atoms with Crippen LogP contribution in [0.2, 0.25) is 0 Å². The standard InChI is InChI=1S/C12H19NO3S/c1-4-16-10-5-7-11(8-6-10)17(14,15)12(2,3)9-13/h5-8H,4,9,13H2,1-3H3. The van der Waals surface area contributed by atoms with E-state index in [1.54, 1.807) is 38.1 Å². The van der Waals surface area contributed by atoms with Gasteiger partial charge in [0.2, 0.25) is 0 Å². The molecule has 0 spiro atoms. The van der Waals surface area contributed by atoms with E-state index in [1.807, 2.05) is 6.92 Å². The Balaban J connectivity index is 3.09. The average Bonchev–Trinajstić information content (AvgIpc) is 2.30. The molecule has 0 saturated carbocycles. The molecule has 1 aromatic rings. The van der Waals surface area contributed by atoms with Gasteiger partial charge in [0.1, 0.15) is 5.75 Å². The second kappa shape index (κ2) is 5.06. The Morgan fingerprint density at radius 1 is 1.24 bits per heavy atom. The normalized spacial score (nSPS) is 12.5. The molecule has 5 heteroatoms. The van der Waals surface area contributed by atoms with Crippen LogP contribution in [0.15, 0.2) is 29.2 Å². The van der Waals surface area contributed by atoms with E-state index in [0.717, 1.165) is 0 Å². The monoisotopic (exact) mass is 257 g/mol. The van der Waals surface area contributed by atoms with Crippen molar-refractivity contribution in [3.05, 3.63) is 24.3 Å². The summed E-state index contributed by atoms with van der Waals surface area (Å²) in [6, 6.07) is 6.42. The highest BCUT2D eigenvalue weighted by Crippen LogP contribution is 2.25. The number of hydrogen-bond donors (Lipinski definition) is 1. The summed E-state index contributed by atoms with van der Waals surface area (Å²) in [6.45, 7) is 5.77. The lowest BCUT2D eigenvalue weighted by Crippen LogP contribution is -2.39. The van der Waals surface area contributed by atoms with Gasteiger partial charge in [-0.2, -0.15) is 0 Å². The summed E-state index contributed by atoms with van der Waals surface area (Å²) in [5, 5.41) is 0. The van der Waals surface area contributed by atoms with Gasteiger partial charge in [-0.15, -0.1) is 0 Å². The summed E-state index contributed by atoms with van der Waals surface area (Å²) in [7, 11) is -3.40. The van der Waals surface area contributed by atoms with E-state index in [9.17, 15) is 8.42 Å². The number of rotatable bonds is 5. The summed E-state index contributed by atoms with van der Waals surface area (Å²) in [6.07, 6.45) is 0. The number of sulfone groups is 1. The van der Waals surface area contributed by atoms with Crippen molar-refractivity contribution in [3.8, 4) is 5.75 Å². The Hall–Kier alpha value is -1.07. The van der Waals surface area contributed by atoms with E-state index in [-0.39, 0.29) is 11.4 Å². The fourth-order valence-electron chi connectivity index (χ4n) is 1.31. The van der Waals surface area contributed by atoms with Gasteiger partial charge < -0.3 is 10.5 Å². The maximum absolute atomic E-state index is 12.2. The summed E-state index contributed by atoms with van der Waals surface area (Å²) in [5.74, 6) is 0.664. The fourth-order valence-corrected chi connectivity index (χ4v) is 2.66. The molecule has 0 aliphatic rings. The van der Waals surface area contributed by atoms with Gasteiger partial charge in [0, 0.05) is 6.54 Å². The molecule has 0 amide bonds. The van der Waals surface area contributed by atoms with E-state index in [0.29, 0.717) is 12.4 Å². The van der Waals surface area contributed by atoms with E-state index >= 15 is 0 Å². The van der Waals surface area contributed by atoms with Gasteiger partial charge in [-0.25, -0.2) is 8.42 Å². The Bertz CT molecular complexity index is 463. The lowest BCUT2D eigenvalue weighted by molar-refractivity contribution is 0.340. The zero-order chi connectivity index (χ0) is 13.1. The van der Waals surface area contributed by atoms with Crippen molar-refractivity contribution in [2.75, 3.05) is 13.2 Å². The highest BCUT2D eigenvalue weighted by Gasteiger charge is 2.34. The lowest BCUT2D eigenvalue weighted by Gasteiger charge is -2.22. The second-order valence-corrected chi connectivity index (χ2v) is 6.96. The van der Waals surface area contributed by atoms with Gasteiger partial charge in [-0.05, 0) is 45.0 Å². The van der Waals surface area contributed by atoms with Crippen molar-refractivity contribution in [1.82, 2.24) is 0 Å². The molecule has 0 saturated heterocycles. The number of ether oxygens (including phenoxy) is 1. The first-order valence-electron chi connectivity index (χ1n) is 5.52. The van der Waals surface area contributed by atoms with Gasteiger partial charge in [0.05, 0.1) is 16.2 Å². The van der Waals surface area contributed by atoms with Crippen LogP contribution in [0.3, 0.4) is 0 Å². The third-order valence-electron chi connectivity index (χ3n) is 2.66. The van der Waals surface area contributed by atoms with Crippen molar-refractivity contribution in [2.24, 2.45) is 5.73 Å². The first-order valence-corrected chi connectivity index (χ1v) is 7.01. The van der Waals surface area contributed by atoms with Gasteiger partial charge in [-0.1, -0.05) is 0 Å². The van der Waals surface area contributed by atoms with Crippen LogP contribution in [0.25, 0.3) is 0 Å².